The van der Waals surface area contributed by atoms with E-state index in [0.29, 0.717) is 23.0 Å². The number of unbranched alkanes of at least 4 members (excludes halogenated alkanes) is 6. The van der Waals surface area contributed by atoms with E-state index in [0.717, 1.165) is 188 Å². The van der Waals surface area contributed by atoms with Gasteiger partial charge < -0.3 is 9.80 Å². The second-order valence-corrected chi connectivity index (χ2v) is 29.5. The molecule has 2 unspecified atom stereocenters. The molecule has 0 aliphatic carbocycles. The maximum atomic E-state index is 18.0. The van der Waals surface area contributed by atoms with Crippen LogP contribution in [0, 0.1) is 17.6 Å². The molecule has 0 fully saturated rings. The first-order valence-electron chi connectivity index (χ1n) is 38.9. The highest BCUT2D eigenvalue weighted by atomic mass is 19.1. The summed E-state index contributed by atoms with van der Waals surface area (Å²) in [5, 5.41) is 0. The molecule has 11 aromatic rings. The number of rotatable bonds is 34. The number of aryl methyl sites for hydroxylation is 4. The predicted octanol–water partition coefficient (Wildman–Crippen LogP) is 30.1. The fraction of sp³-hybridized carbons (Fsp3) is 0.327. The lowest BCUT2D eigenvalue weighted by molar-refractivity contribution is 0.357. The van der Waals surface area contributed by atoms with Crippen molar-refractivity contribution in [3.8, 4) is 66.8 Å². The molecule has 0 aliphatic rings. The van der Waals surface area contributed by atoms with E-state index in [2.05, 4.69) is 297 Å². The monoisotopic (exact) mass is 1350 g/mol. The van der Waals surface area contributed by atoms with Crippen molar-refractivity contribution in [2.75, 3.05) is 9.80 Å². The van der Waals surface area contributed by atoms with Crippen molar-refractivity contribution in [3.63, 3.8) is 0 Å². The van der Waals surface area contributed by atoms with Gasteiger partial charge in [0.1, 0.15) is 11.6 Å². The minimum Gasteiger partial charge on any atom is -0.310 e. The Morgan fingerprint density at radius 1 is 0.324 bits per heavy atom. The average molecular weight is 1350 g/mol. The first kappa shape index (κ1) is 74.1. The van der Waals surface area contributed by atoms with Crippen molar-refractivity contribution >= 4 is 34.1 Å². The molecule has 102 heavy (non-hydrogen) atoms. The molecule has 11 rings (SSSR count). The van der Waals surface area contributed by atoms with Gasteiger partial charge in [-0.3, -0.25) is 0 Å². The molecule has 2 atom stereocenters. The Bertz CT molecular complexity index is 4410. The van der Waals surface area contributed by atoms with Crippen LogP contribution in [0.5, 0.6) is 0 Å². The summed E-state index contributed by atoms with van der Waals surface area (Å²) in [6.07, 6.45) is 20.0. The topological polar surface area (TPSA) is 6.48 Å². The molecule has 4 heteroatoms. The van der Waals surface area contributed by atoms with Crippen molar-refractivity contribution in [2.24, 2.45) is 5.92 Å². The number of halogens is 2. The van der Waals surface area contributed by atoms with Gasteiger partial charge in [-0.25, -0.2) is 8.78 Å². The van der Waals surface area contributed by atoms with E-state index in [1.54, 1.807) is 12.1 Å². The van der Waals surface area contributed by atoms with Gasteiger partial charge in [0.25, 0.3) is 0 Å². The van der Waals surface area contributed by atoms with Crippen LogP contribution in [0.15, 0.2) is 243 Å². The lowest BCUT2D eigenvalue weighted by Crippen LogP contribution is -2.23. The van der Waals surface area contributed by atoms with Crippen LogP contribution in [0.4, 0.5) is 42.9 Å². The summed E-state index contributed by atoms with van der Waals surface area (Å²) in [6.45, 7) is 22.8. The van der Waals surface area contributed by atoms with Crippen LogP contribution < -0.4 is 9.80 Å². The number of anilines is 6. The van der Waals surface area contributed by atoms with Crippen LogP contribution in [0.25, 0.3) is 66.8 Å². The highest BCUT2D eigenvalue weighted by Crippen LogP contribution is 2.45. The molecule has 526 valence electrons. The number of benzene rings is 11. The molecule has 0 N–H and O–H groups in total. The maximum absolute atomic E-state index is 18.0. The van der Waals surface area contributed by atoms with Gasteiger partial charge >= 0.3 is 0 Å². The molecule has 11 aromatic carbocycles. The largest absolute Gasteiger partial charge is 0.310 e. The Morgan fingerprint density at radius 3 is 0.961 bits per heavy atom. The molecule has 0 bridgehead atoms. The van der Waals surface area contributed by atoms with Crippen molar-refractivity contribution in [2.45, 2.75) is 203 Å². The lowest BCUT2D eigenvalue weighted by Gasteiger charge is -2.31. The van der Waals surface area contributed by atoms with Crippen LogP contribution in [0.2, 0.25) is 0 Å². The molecule has 0 heterocycles. The van der Waals surface area contributed by atoms with Gasteiger partial charge in [0, 0.05) is 45.3 Å². The van der Waals surface area contributed by atoms with E-state index in [1.807, 2.05) is 12.1 Å². The van der Waals surface area contributed by atoms with E-state index in [1.165, 1.54) is 57.3 Å². The zero-order chi connectivity index (χ0) is 71.5. The Hall–Kier alpha value is -9.12. The van der Waals surface area contributed by atoms with Crippen molar-refractivity contribution < 1.29 is 8.78 Å². The number of hydrogen-bond acceptors (Lipinski definition) is 2. The van der Waals surface area contributed by atoms with E-state index in [-0.39, 0.29) is 17.0 Å². The third kappa shape index (κ3) is 18.0. The normalized spacial score (nSPS) is 12.4. The van der Waals surface area contributed by atoms with Crippen molar-refractivity contribution in [1.29, 1.82) is 0 Å². The highest BCUT2D eigenvalue weighted by molar-refractivity contribution is 5.85. The summed E-state index contributed by atoms with van der Waals surface area (Å²) in [6, 6.07) is 87.0. The van der Waals surface area contributed by atoms with E-state index < -0.39 is 0 Å². The quantitative estimate of drug-likeness (QED) is 0.0371. The number of nitrogens with zero attached hydrogens (tertiary/aromatic N) is 2. The van der Waals surface area contributed by atoms with Crippen LogP contribution in [0.3, 0.4) is 0 Å². The predicted molar refractivity (Wildman–Crippen MR) is 437 cm³/mol. The molecule has 2 nitrogen and oxygen atoms in total. The van der Waals surface area contributed by atoms with E-state index in [9.17, 15) is 0 Å². The minimum atomic E-state index is -0.291. The Morgan fingerprint density at radius 2 is 0.657 bits per heavy atom. The molecule has 0 saturated carbocycles. The molecule has 0 spiro atoms. The SMILES string of the molecule is CCCCCCc1cc(-c2ccc(N(c3ccc(-c4ccc(CCC)cc4)cc3)c3ccc(-c4ccc(C(C)(CC)CC(C)C)cc4)cc3)cc2F)c(CCCCCC)cc1-c1ccc(N(c2ccc(-c3ccc(CCC)cc3)cc2)c2ccc(-c3ccc(C(CC)CCC)cc3)cc2)cc1F. The van der Waals surface area contributed by atoms with Gasteiger partial charge in [-0.2, -0.15) is 0 Å². The summed E-state index contributed by atoms with van der Waals surface area (Å²) in [7, 11) is 0. The van der Waals surface area contributed by atoms with Crippen LogP contribution in [-0.2, 0) is 31.1 Å². The van der Waals surface area contributed by atoms with E-state index in [4.69, 9.17) is 0 Å². The number of hydrogen-bond donors (Lipinski definition) is 0. The van der Waals surface area contributed by atoms with Gasteiger partial charge in [-0.05, 0) is 255 Å². The van der Waals surface area contributed by atoms with Crippen LogP contribution in [-0.4, -0.2) is 0 Å². The van der Waals surface area contributed by atoms with Gasteiger partial charge in [-0.1, -0.05) is 285 Å². The molecule has 0 saturated heterocycles. The molecule has 0 aliphatic heterocycles. The van der Waals surface area contributed by atoms with Crippen LogP contribution in [0.1, 0.15) is 205 Å². The van der Waals surface area contributed by atoms with Gasteiger partial charge in [-0.15, -0.1) is 0 Å². The third-order valence-corrected chi connectivity index (χ3v) is 21.5. The average Bonchev–Trinajstić information content (AvgIpc) is 0.773. The summed E-state index contributed by atoms with van der Waals surface area (Å²) < 4.78 is 36.0. The summed E-state index contributed by atoms with van der Waals surface area (Å²) in [4.78, 5) is 4.36. The Kier molecular flexibility index (Phi) is 25.9. The Labute approximate surface area is 612 Å². The summed E-state index contributed by atoms with van der Waals surface area (Å²) in [5.74, 6) is 0.596. The fourth-order valence-corrected chi connectivity index (χ4v) is 15.6. The Balaban J connectivity index is 0.969. The highest BCUT2D eigenvalue weighted by Gasteiger charge is 2.27. The van der Waals surface area contributed by atoms with Crippen molar-refractivity contribution in [1.82, 2.24) is 0 Å². The molecule has 0 aromatic heterocycles. The molecular formula is C98H110F2N2. The smallest absolute Gasteiger partial charge is 0.133 e. The summed E-state index contributed by atoms with van der Waals surface area (Å²) in [5.41, 5.74) is 24.9. The minimum absolute atomic E-state index is 0.122. The second-order valence-electron chi connectivity index (χ2n) is 29.5. The van der Waals surface area contributed by atoms with Crippen LogP contribution >= 0.6 is 0 Å². The molecule has 0 radical (unpaired) electrons. The van der Waals surface area contributed by atoms with Gasteiger partial charge in [0.15, 0.2) is 0 Å². The third-order valence-electron chi connectivity index (χ3n) is 21.5. The molecule has 0 amide bonds. The fourth-order valence-electron chi connectivity index (χ4n) is 15.6. The first-order chi connectivity index (χ1) is 49.7. The van der Waals surface area contributed by atoms with Gasteiger partial charge in [0.05, 0.1) is 0 Å². The van der Waals surface area contributed by atoms with Gasteiger partial charge in [0.2, 0.25) is 0 Å². The molecular weight excluding hydrogens is 1240 g/mol. The van der Waals surface area contributed by atoms with E-state index >= 15 is 8.78 Å². The maximum Gasteiger partial charge on any atom is 0.133 e. The summed E-state index contributed by atoms with van der Waals surface area (Å²) >= 11 is 0. The lowest BCUT2D eigenvalue weighted by atomic mass is 9.74. The standard InChI is InChI=1S/C98H110F2N2/c1-11-18-20-22-27-83-66-95(93-64-62-91(68-97(93)100)102(87-55-45-80(46-56-87)76-35-31-72(25-14-4)32-36-76)89-59-49-82(50-60-89)78-41-51-85(52-42-78)98(10,17-7)69-70(8)9)84(28-23-21-19-12-2)65-94(83)92-63-61-90(67-96(92)99)101(86-53-43-79(44-54-86)75-33-29-71(24-13-3)30-34-75)88-57-47-81(48-58-88)77-39-37-74(38-40-77)73(16-6)26-15-5/h29-68,70,73H,11-28,69H2,1-10H3. The zero-order valence-corrected chi connectivity index (χ0v) is 62.8. The first-order valence-corrected chi connectivity index (χ1v) is 38.9. The second kappa shape index (κ2) is 35.7. The van der Waals surface area contributed by atoms with Crippen molar-refractivity contribution in [3.05, 3.63) is 288 Å². The zero-order valence-electron chi connectivity index (χ0n) is 62.8.